The van der Waals surface area contributed by atoms with Gasteiger partial charge in [-0.25, -0.2) is 13.9 Å². The van der Waals surface area contributed by atoms with E-state index >= 15 is 4.39 Å². The summed E-state index contributed by atoms with van der Waals surface area (Å²) in [7, 11) is 2.30. The molecular weight excluding hydrogens is 388 g/mol. The van der Waals surface area contributed by atoms with Gasteiger partial charge in [0.15, 0.2) is 0 Å². The summed E-state index contributed by atoms with van der Waals surface area (Å²) in [6.45, 7) is 6.39. The van der Waals surface area contributed by atoms with E-state index in [9.17, 15) is 4.79 Å². The third-order valence-corrected chi connectivity index (χ3v) is 5.80. The molecule has 0 radical (unpaired) electrons. The first-order chi connectivity index (χ1) is 13.8. The van der Waals surface area contributed by atoms with Gasteiger partial charge in [0.1, 0.15) is 11.7 Å². The number of amides is 1. The molecule has 152 valence electrons. The Morgan fingerprint density at radius 2 is 2.10 bits per heavy atom. The number of alkyl halides is 1. The van der Waals surface area contributed by atoms with Crippen molar-refractivity contribution < 1.29 is 9.18 Å². The van der Waals surface area contributed by atoms with E-state index in [0.717, 1.165) is 28.9 Å². The number of carbonyl (C=O) groups is 1. The summed E-state index contributed by atoms with van der Waals surface area (Å²) in [5.41, 5.74) is 4.37. The van der Waals surface area contributed by atoms with E-state index in [4.69, 9.17) is 0 Å². The zero-order chi connectivity index (χ0) is 20.8. The van der Waals surface area contributed by atoms with Crippen LogP contribution in [0.5, 0.6) is 0 Å². The Kier molecular flexibility index (Phi) is 5.11. The summed E-state index contributed by atoms with van der Waals surface area (Å²) in [6, 6.07) is 7.77. The molecule has 3 aromatic rings. The van der Waals surface area contributed by atoms with Gasteiger partial charge in [0.05, 0.1) is 12.2 Å². The number of nitrogens with zero attached hydrogens (tertiary/aromatic N) is 5. The predicted octanol–water partition coefficient (Wildman–Crippen LogP) is 3.47. The Hall–Kier alpha value is -2.40. The lowest BCUT2D eigenvalue weighted by Crippen LogP contribution is -2.48. The average Bonchev–Trinajstić information content (AvgIpc) is 3.13. The lowest BCUT2D eigenvalue weighted by atomic mass is 9.91. The third-order valence-electron chi connectivity index (χ3n) is 5.39. The largest absolute Gasteiger partial charge is 0.334 e. The van der Waals surface area contributed by atoms with Crippen molar-refractivity contribution in [3.8, 4) is 0 Å². The smallest absolute Gasteiger partial charge is 0.254 e. The first kappa shape index (κ1) is 19.9. The maximum Gasteiger partial charge on any atom is 0.254 e. The molecule has 0 bridgehead atoms. The van der Waals surface area contributed by atoms with E-state index in [-0.39, 0.29) is 24.8 Å². The second-order valence-corrected chi connectivity index (χ2v) is 9.01. The van der Waals surface area contributed by atoms with Crippen LogP contribution in [0.25, 0.3) is 5.78 Å². The number of carbonyl (C=O) groups excluding carboxylic acids is 1. The number of benzene rings is 1. The number of aromatic nitrogens is 4. The van der Waals surface area contributed by atoms with Crippen molar-refractivity contribution in [2.24, 2.45) is 0 Å². The number of piperidine rings is 1. The molecule has 1 aliphatic rings. The van der Waals surface area contributed by atoms with Crippen LogP contribution in [0.2, 0.25) is 0 Å². The fourth-order valence-corrected chi connectivity index (χ4v) is 4.67. The Balaban J connectivity index is 1.70. The van der Waals surface area contributed by atoms with E-state index in [1.165, 1.54) is 6.33 Å². The summed E-state index contributed by atoms with van der Waals surface area (Å²) in [4.78, 5) is 23.4. The lowest BCUT2D eigenvalue weighted by Gasteiger charge is -2.40. The molecule has 2 aromatic heterocycles. The summed E-state index contributed by atoms with van der Waals surface area (Å²) in [6.07, 6.45) is 2.58. The van der Waals surface area contributed by atoms with Gasteiger partial charge in [0, 0.05) is 23.7 Å². The molecular formula is C21H25FN5OP. The SMILES string of the molecule is CCc1cc(C)cc(C(=O)N2CC(c3cc(C)nc4ncnn34)CC(F)(P)C2)c1. The van der Waals surface area contributed by atoms with Gasteiger partial charge in [0.2, 0.25) is 0 Å². The van der Waals surface area contributed by atoms with Crippen molar-refractivity contribution in [3.05, 3.63) is 58.7 Å². The van der Waals surface area contributed by atoms with Gasteiger partial charge in [-0.2, -0.15) is 10.1 Å². The molecule has 3 heterocycles. The minimum Gasteiger partial charge on any atom is -0.334 e. The van der Waals surface area contributed by atoms with Crippen molar-refractivity contribution >= 4 is 20.9 Å². The molecule has 1 saturated heterocycles. The van der Waals surface area contributed by atoms with Crippen LogP contribution >= 0.6 is 9.24 Å². The normalized spacial score (nSPS) is 22.2. The Morgan fingerprint density at radius 3 is 2.86 bits per heavy atom. The molecule has 0 saturated carbocycles. The van der Waals surface area contributed by atoms with Crippen LogP contribution in [-0.4, -0.2) is 48.9 Å². The molecule has 1 fully saturated rings. The van der Waals surface area contributed by atoms with Crippen LogP contribution in [0.15, 0.2) is 30.6 Å². The van der Waals surface area contributed by atoms with E-state index in [2.05, 4.69) is 37.3 Å². The van der Waals surface area contributed by atoms with Crippen LogP contribution in [0, 0.1) is 13.8 Å². The number of hydrogen-bond acceptors (Lipinski definition) is 4. The van der Waals surface area contributed by atoms with Crippen molar-refractivity contribution in [2.75, 3.05) is 13.1 Å². The Morgan fingerprint density at radius 1 is 1.31 bits per heavy atom. The lowest BCUT2D eigenvalue weighted by molar-refractivity contribution is 0.0543. The molecule has 1 aliphatic heterocycles. The zero-order valence-corrected chi connectivity index (χ0v) is 18.0. The molecule has 4 rings (SSSR count). The monoisotopic (exact) mass is 413 g/mol. The van der Waals surface area contributed by atoms with Gasteiger partial charge in [-0.1, -0.05) is 27.8 Å². The van der Waals surface area contributed by atoms with Crippen molar-refractivity contribution in [3.63, 3.8) is 0 Å². The molecule has 6 nitrogen and oxygen atoms in total. The number of rotatable bonds is 3. The summed E-state index contributed by atoms with van der Waals surface area (Å²) < 4.78 is 16.9. The standard InChI is InChI=1S/C21H25FN5OP/c1-4-15-5-13(2)6-16(8-15)19(28)26-10-17(9-21(22,29)11-26)18-7-14(3)25-20-23-12-24-27(18)20/h5-8,12,17H,4,9-11,29H2,1-3H3. The van der Waals surface area contributed by atoms with Gasteiger partial charge >= 0.3 is 0 Å². The summed E-state index contributed by atoms with van der Waals surface area (Å²) in [5, 5.41) is 2.69. The van der Waals surface area contributed by atoms with Gasteiger partial charge in [0.25, 0.3) is 11.7 Å². The molecule has 3 atom stereocenters. The highest BCUT2D eigenvalue weighted by atomic mass is 31.0. The van der Waals surface area contributed by atoms with Crippen LogP contribution in [0.3, 0.4) is 0 Å². The maximum absolute atomic E-state index is 15.3. The minimum absolute atomic E-state index is 0.0486. The van der Waals surface area contributed by atoms with Crippen LogP contribution in [0.1, 0.15) is 52.1 Å². The topological polar surface area (TPSA) is 63.4 Å². The van der Waals surface area contributed by atoms with Crippen molar-refractivity contribution in [2.45, 2.75) is 44.9 Å². The molecule has 29 heavy (non-hydrogen) atoms. The second-order valence-electron chi connectivity index (χ2n) is 7.98. The molecule has 0 aliphatic carbocycles. The fourth-order valence-electron chi connectivity index (χ4n) is 4.16. The van der Waals surface area contributed by atoms with E-state index < -0.39 is 5.41 Å². The van der Waals surface area contributed by atoms with Crippen LogP contribution in [-0.2, 0) is 6.42 Å². The number of aryl methyl sites for hydroxylation is 3. The number of hydrogen-bond donors (Lipinski definition) is 0. The van der Waals surface area contributed by atoms with E-state index in [0.29, 0.717) is 17.9 Å². The zero-order valence-electron chi connectivity index (χ0n) is 16.9. The van der Waals surface area contributed by atoms with E-state index in [1.54, 1.807) is 9.42 Å². The Labute approximate surface area is 171 Å². The maximum atomic E-state index is 15.3. The molecule has 1 aromatic carbocycles. The quantitative estimate of drug-likeness (QED) is 0.617. The number of fused-ring (bicyclic) bond motifs is 1. The molecule has 3 unspecified atom stereocenters. The van der Waals surface area contributed by atoms with Crippen LogP contribution < -0.4 is 0 Å². The van der Waals surface area contributed by atoms with Crippen molar-refractivity contribution in [1.82, 2.24) is 24.5 Å². The number of likely N-dealkylation sites (tertiary alicyclic amines) is 1. The van der Waals surface area contributed by atoms with Gasteiger partial charge in [-0.3, -0.25) is 4.79 Å². The third kappa shape index (κ3) is 4.01. The molecule has 1 amide bonds. The average molecular weight is 413 g/mol. The highest BCUT2D eigenvalue weighted by Crippen LogP contribution is 2.39. The van der Waals surface area contributed by atoms with Crippen molar-refractivity contribution in [1.29, 1.82) is 0 Å². The number of halogens is 1. The first-order valence-electron chi connectivity index (χ1n) is 9.80. The second kappa shape index (κ2) is 7.45. The van der Waals surface area contributed by atoms with E-state index in [1.807, 2.05) is 32.0 Å². The fraction of sp³-hybridized carbons (Fsp3) is 0.429. The van der Waals surface area contributed by atoms with Gasteiger partial charge in [-0.05, 0) is 50.5 Å². The van der Waals surface area contributed by atoms with Gasteiger partial charge in [-0.15, -0.1) is 0 Å². The Bertz CT molecular complexity index is 1080. The van der Waals surface area contributed by atoms with Gasteiger partial charge < -0.3 is 4.90 Å². The molecule has 0 spiro atoms. The highest BCUT2D eigenvalue weighted by molar-refractivity contribution is 7.18. The minimum atomic E-state index is -1.57. The summed E-state index contributed by atoms with van der Waals surface area (Å²) >= 11 is 0. The molecule has 0 N–H and O–H groups in total. The molecule has 8 heteroatoms. The van der Waals surface area contributed by atoms with Crippen LogP contribution in [0.4, 0.5) is 4.39 Å². The predicted molar refractivity (Wildman–Crippen MR) is 113 cm³/mol. The summed E-state index contributed by atoms with van der Waals surface area (Å²) in [5.74, 6) is 0.137. The highest BCUT2D eigenvalue weighted by Gasteiger charge is 2.40. The first-order valence-corrected chi connectivity index (χ1v) is 10.4.